The van der Waals surface area contributed by atoms with Crippen LogP contribution in [-0.2, 0) is 41.6 Å². The second-order valence-corrected chi connectivity index (χ2v) is 15.1. The van der Waals surface area contributed by atoms with Gasteiger partial charge in [0.05, 0.1) is 18.1 Å². The number of carboxylic acid groups (broad SMARTS) is 3. The van der Waals surface area contributed by atoms with E-state index in [-0.39, 0.29) is 37.7 Å². The van der Waals surface area contributed by atoms with E-state index in [1.54, 1.807) is 0 Å². The molecule has 2 aliphatic heterocycles. The van der Waals surface area contributed by atoms with E-state index in [1.807, 2.05) is 60.7 Å². The number of carbonyl (C=O) groups excluding carboxylic acids is 3. The lowest BCUT2D eigenvalue weighted by Gasteiger charge is -2.30. The fourth-order valence-electron chi connectivity index (χ4n) is 7.80. The Morgan fingerprint density at radius 3 is 1.53 bits per heavy atom. The summed E-state index contributed by atoms with van der Waals surface area (Å²) < 4.78 is 0. The first-order chi connectivity index (χ1) is 27.5. The molecule has 8 N–H and O–H groups in total. The lowest BCUT2D eigenvalue weighted by molar-refractivity contribution is -0.149. The van der Waals surface area contributed by atoms with Crippen LogP contribution in [0.2, 0.25) is 0 Å². The zero-order valence-electron chi connectivity index (χ0n) is 32.7. The number of likely N-dealkylation sites (tertiary alicyclic amines) is 2. The predicted molar refractivity (Wildman–Crippen MR) is 213 cm³/mol. The molecule has 3 amide bonds. The zero-order chi connectivity index (χ0) is 41.2. The van der Waals surface area contributed by atoms with Crippen LogP contribution in [0.5, 0.6) is 0 Å². The standard InChI is InChI=1S/C42H60N6O9/c43-25-9-7-17-32(38(50)47-27-11-19-35(47)41(54)55)45-31(23-21-29-13-3-1-4-14-29)37(49)44-26-10-8-18-33(39(51)48-28-12-20-36(48)42(56)57)46-34(40(52)53)24-22-30-15-5-2-6-16-30/h1-6,13-16,31-36,45-46H,7-12,17-28,43H2,(H,44,49)(H,52,53)(H,54,55)(H,56,57)/t31?,32?,33?,34-,35?,36?/m0/s1. The van der Waals surface area contributed by atoms with Gasteiger partial charge in [-0.2, -0.15) is 0 Å². The van der Waals surface area contributed by atoms with Crippen molar-refractivity contribution in [1.82, 2.24) is 25.8 Å². The van der Waals surface area contributed by atoms with Gasteiger partial charge in [0.2, 0.25) is 17.7 Å². The number of aliphatic carboxylic acids is 3. The van der Waals surface area contributed by atoms with Crippen LogP contribution in [0.15, 0.2) is 60.7 Å². The largest absolute Gasteiger partial charge is 0.480 e. The summed E-state index contributed by atoms with van der Waals surface area (Å²) >= 11 is 0. The van der Waals surface area contributed by atoms with E-state index < -0.39 is 60.1 Å². The molecule has 15 heteroatoms. The van der Waals surface area contributed by atoms with Gasteiger partial charge in [-0.05, 0) is 101 Å². The molecule has 5 unspecified atom stereocenters. The van der Waals surface area contributed by atoms with Crippen molar-refractivity contribution in [1.29, 1.82) is 0 Å². The normalized spacial score (nSPS) is 18.8. The Morgan fingerprint density at radius 2 is 1.07 bits per heavy atom. The monoisotopic (exact) mass is 792 g/mol. The number of nitrogens with two attached hydrogens (primary N) is 1. The molecule has 4 rings (SSSR count). The summed E-state index contributed by atoms with van der Waals surface area (Å²) in [4.78, 5) is 80.4. The second-order valence-electron chi connectivity index (χ2n) is 15.1. The Hall–Kier alpha value is -4.86. The van der Waals surface area contributed by atoms with Gasteiger partial charge in [0.15, 0.2) is 0 Å². The van der Waals surface area contributed by atoms with Gasteiger partial charge in [0, 0.05) is 19.6 Å². The number of nitrogens with zero attached hydrogens (tertiary/aromatic N) is 2. The Kier molecular flexibility index (Phi) is 18.4. The molecule has 2 saturated heterocycles. The fraction of sp³-hybridized carbons (Fsp3) is 0.571. The van der Waals surface area contributed by atoms with E-state index >= 15 is 0 Å². The smallest absolute Gasteiger partial charge is 0.326 e. The van der Waals surface area contributed by atoms with Gasteiger partial charge in [-0.15, -0.1) is 0 Å². The Balaban J connectivity index is 1.42. The third kappa shape index (κ3) is 13.9. The highest BCUT2D eigenvalue weighted by Gasteiger charge is 2.39. The maximum Gasteiger partial charge on any atom is 0.326 e. The summed E-state index contributed by atoms with van der Waals surface area (Å²) in [6, 6.07) is 13.6. The van der Waals surface area contributed by atoms with E-state index in [1.165, 1.54) is 9.80 Å². The van der Waals surface area contributed by atoms with Crippen LogP contribution in [0.3, 0.4) is 0 Å². The maximum atomic E-state index is 13.8. The predicted octanol–water partition coefficient (Wildman–Crippen LogP) is 2.56. The third-order valence-electron chi connectivity index (χ3n) is 11.0. The van der Waals surface area contributed by atoms with Crippen molar-refractivity contribution >= 4 is 35.6 Å². The highest BCUT2D eigenvalue weighted by Crippen LogP contribution is 2.22. The number of rotatable bonds is 25. The topological polar surface area (TPSA) is 232 Å². The number of benzene rings is 2. The van der Waals surface area contributed by atoms with E-state index in [0.717, 1.165) is 11.1 Å². The van der Waals surface area contributed by atoms with Crippen molar-refractivity contribution in [3.8, 4) is 0 Å². The molecule has 0 bridgehead atoms. The van der Waals surface area contributed by atoms with Crippen molar-refractivity contribution in [3.05, 3.63) is 71.8 Å². The molecule has 2 aromatic carbocycles. The first-order valence-electron chi connectivity index (χ1n) is 20.4. The molecule has 0 aliphatic carbocycles. The van der Waals surface area contributed by atoms with Crippen molar-refractivity contribution in [2.24, 2.45) is 5.73 Å². The van der Waals surface area contributed by atoms with Crippen LogP contribution in [0.4, 0.5) is 0 Å². The highest BCUT2D eigenvalue weighted by atomic mass is 16.4. The Labute approximate surface area is 334 Å². The van der Waals surface area contributed by atoms with Crippen LogP contribution < -0.4 is 21.7 Å². The summed E-state index contributed by atoms with van der Waals surface area (Å²) in [5, 5.41) is 38.9. The number of amides is 3. The number of aryl methyl sites for hydroxylation is 2. The molecule has 2 aromatic rings. The third-order valence-corrected chi connectivity index (χ3v) is 11.0. The summed E-state index contributed by atoms with van der Waals surface area (Å²) in [6.45, 7) is 1.28. The molecular weight excluding hydrogens is 732 g/mol. The van der Waals surface area contributed by atoms with Gasteiger partial charge in [-0.25, -0.2) is 9.59 Å². The van der Waals surface area contributed by atoms with Gasteiger partial charge in [0.1, 0.15) is 18.1 Å². The number of hydrogen-bond donors (Lipinski definition) is 7. The molecule has 0 spiro atoms. The van der Waals surface area contributed by atoms with E-state index in [0.29, 0.717) is 90.1 Å². The van der Waals surface area contributed by atoms with Gasteiger partial charge >= 0.3 is 17.9 Å². The molecule has 2 fully saturated rings. The zero-order valence-corrected chi connectivity index (χ0v) is 32.7. The first kappa shape index (κ1) is 44.8. The summed E-state index contributed by atoms with van der Waals surface area (Å²) in [5.41, 5.74) is 7.71. The summed E-state index contributed by atoms with van der Waals surface area (Å²) in [6.07, 6.45) is 6.21. The van der Waals surface area contributed by atoms with Crippen LogP contribution >= 0.6 is 0 Å². The number of carboxylic acids is 3. The molecule has 15 nitrogen and oxygen atoms in total. The van der Waals surface area contributed by atoms with E-state index in [4.69, 9.17) is 5.73 Å². The van der Waals surface area contributed by atoms with Gasteiger partial charge in [0.25, 0.3) is 0 Å². The SMILES string of the molecule is NCCCCC(NC(CCc1ccccc1)C(=O)NCCCCC(N[C@@H](CCc1ccccc1)C(=O)O)C(=O)N1CCCC1C(=O)O)C(=O)N1CCCC1C(=O)O. The van der Waals surface area contributed by atoms with Crippen LogP contribution in [0.1, 0.15) is 88.2 Å². The van der Waals surface area contributed by atoms with Crippen LogP contribution in [0, 0.1) is 0 Å². The molecule has 6 atom stereocenters. The minimum absolute atomic E-state index is 0.223. The van der Waals surface area contributed by atoms with Crippen molar-refractivity contribution in [3.63, 3.8) is 0 Å². The van der Waals surface area contributed by atoms with Gasteiger partial charge in [-0.1, -0.05) is 67.1 Å². The maximum absolute atomic E-state index is 13.8. The van der Waals surface area contributed by atoms with E-state index in [2.05, 4.69) is 16.0 Å². The van der Waals surface area contributed by atoms with Crippen molar-refractivity contribution in [2.75, 3.05) is 26.2 Å². The molecule has 0 aromatic heterocycles. The lowest BCUT2D eigenvalue weighted by Crippen LogP contribution is -2.56. The number of carbonyl (C=O) groups is 6. The molecule has 2 aliphatic rings. The molecular formula is C42H60N6O9. The molecule has 0 saturated carbocycles. The average Bonchev–Trinajstić information content (AvgIpc) is 3.91. The van der Waals surface area contributed by atoms with Crippen LogP contribution in [0.25, 0.3) is 0 Å². The number of nitrogens with one attached hydrogen (secondary N) is 3. The number of hydrogen-bond acceptors (Lipinski definition) is 9. The van der Waals surface area contributed by atoms with Crippen molar-refractivity contribution in [2.45, 2.75) is 126 Å². The minimum Gasteiger partial charge on any atom is -0.480 e. The van der Waals surface area contributed by atoms with E-state index in [9.17, 15) is 44.1 Å². The minimum atomic E-state index is -1.11. The quantitative estimate of drug-likeness (QED) is 0.0720. The first-order valence-corrected chi connectivity index (χ1v) is 20.4. The molecule has 0 radical (unpaired) electrons. The molecule has 2 heterocycles. The summed E-state index contributed by atoms with van der Waals surface area (Å²) in [7, 11) is 0. The average molecular weight is 793 g/mol. The molecule has 312 valence electrons. The highest BCUT2D eigenvalue weighted by molar-refractivity contribution is 5.89. The Morgan fingerprint density at radius 1 is 0.614 bits per heavy atom. The Bertz CT molecular complexity index is 1610. The number of unbranched alkanes of at least 4 members (excludes halogenated alkanes) is 2. The summed E-state index contributed by atoms with van der Waals surface area (Å²) in [5.74, 6) is -4.37. The van der Waals surface area contributed by atoms with Gasteiger partial charge < -0.3 is 36.2 Å². The molecule has 57 heavy (non-hydrogen) atoms. The fourth-order valence-corrected chi connectivity index (χ4v) is 7.80. The van der Waals surface area contributed by atoms with Crippen molar-refractivity contribution < 1.29 is 44.1 Å². The lowest BCUT2D eigenvalue weighted by atomic mass is 10.0. The second kappa shape index (κ2) is 23.4. The van der Waals surface area contributed by atoms with Gasteiger partial charge in [-0.3, -0.25) is 29.8 Å². The van der Waals surface area contributed by atoms with Crippen LogP contribution in [-0.4, -0.2) is 123 Å².